The molecule has 4 heteroatoms. The molecule has 0 amide bonds. The number of hydrogen-bond donors (Lipinski definition) is 2. The second-order valence-corrected chi connectivity index (χ2v) is 3.55. The summed E-state index contributed by atoms with van der Waals surface area (Å²) in [6.07, 6.45) is -0.248. The quantitative estimate of drug-likeness (QED) is 0.608. The summed E-state index contributed by atoms with van der Waals surface area (Å²) in [6, 6.07) is 0. The summed E-state index contributed by atoms with van der Waals surface area (Å²) in [5.74, 6) is 2.34. The lowest BCUT2D eigenvalue weighted by molar-refractivity contribution is 0.0884. The summed E-state index contributed by atoms with van der Waals surface area (Å²) < 4.78 is 4.45. The van der Waals surface area contributed by atoms with Crippen molar-refractivity contribution in [2.45, 2.75) is 6.42 Å². The Morgan fingerprint density at radius 2 is 2.17 bits per heavy atom. The number of ether oxygens (including phenoxy) is 1. The van der Waals surface area contributed by atoms with E-state index in [1.807, 2.05) is 0 Å². The molecule has 12 heavy (non-hydrogen) atoms. The maximum Gasteiger partial charge on any atom is 0.505 e. The van der Waals surface area contributed by atoms with Gasteiger partial charge in [-0.2, -0.15) is 0 Å². The van der Waals surface area contributed by atoms with E-state index in [1.165, 1.54) is 0 Å². The molecule has 1 heterocycles. The Labute approximate surface area is 70.9 Å². The summed E-state index contributed by atoms with van der Waals surface area (Å²) in [6.45, 7) is 2.60. The molecule has 0 aromatic heterocycles. The van der Waals surface area contributed by atoms with Gasteiger partial charge in [0.1, 0.15) is 0 Å². The summed E-state index contributed by atoms with van der Waals surface area (Å²) in [4.78, 5) is 10.0. The van der Waals surface area contributed by atoms with Crippen LogP contribution in [0.3, 0.4) is 0 Å². The third kappa shape index (κ3) is 1.39. The smallest absolute Gasteiger partial charge is 0.450 e. The maximum absolute atomic E-state index is 10.0. The van der Waals surface area contributed by atoms with Crippen LogP contribution in [0, 0.1) is 17.8 Å². The topological polar surface area (TPSA) is 58.6 Å². The van der Waals surface area contributed by atoms with Crippen LogP contribution in [-0.2, 0) is 4.74 Å². The Morgan fingerprint density at radius 3 is 2.75 bits per heavy atom. The fourth-order valence-electron chi connectivity index (χ4n) is 2.26. The van der Waals surface area contributed by atoms with E-state index in [1.54, 1.807) is 0 Å². The molecular formula is C8H13NO3. The van der Waals surface area contributed by atoms with Crippen molar-refractivity contribution in [2.24, 2.45) is 17.8 Å². The molecule has 1 aliphatic heterocycles. The van der Waals surface area contributed by atoms with Crippen LogP contribution in [0.15, 0.2) is 0 Å². The van der Waals surface area contributed by atoms with Gasteiger partial charge in [0.05, 0.1) is 6.61 Å². The van der Waals surface area contributed by atoms with E-state index >= 15 is 0 Å². The minimum atomic E-state index is -1.15. The van der Waals surface area contributed by atoms with Crippen molar-refractivity contribution in [3.05, 3.63) is 0 Å². The second-order valence-electron chi connectivity index (χ2n) is 3.55. The van der Waals surface area contributed by atoms with Gasteiger partial charge in [0.25, 0.3) is 0 Å². The fraction of sp³-hybridized carbons (Fsp3) is 0.875. The van der Waals surface area contributed by atoms with Crippen LogP contribution in [0.25, 0.3) is 0 Å². The monoisotopic (exact) mass is 171 g/mol. The molecule has 0 aromatic rings. The van der Waals surface area contributed by atoms with Crippen LogP contribution in [0.4, 0.5) is 4.79 Å². The highest BCUT2D eigenvalue weighted by atomic mass is 16.7. The Kier molecular flexibility index (Phi) is 1.92. The van der Waals surface area contributed by atoms with Gasteiger partial charge < -0.3 is 15.2 Å². The zero-order valence-electron chi connectivity index (χ0n) is 6.82. The van der Waals surface area contributed by atoms with Gasteiger partial charge in [0.15, 0.2) is 0 Å². The third-order valence-electron chi connectivity index (χ3n) is 2.95. The molecule has 0 radical (unpaired) electrons. The van der Waals surface area contributed by atoms with Crippen LogP contribution < -0.4 is 5.32 Å². The van der Waals surface area contributed by atoms with Crippen molar-refractivity contribution in [1.82, 2.24) is 5.32 Å². The molecule has 2 N–H and O–H groups in total. The van der Waals surface area contributed by atoms with Gasteiger partial charge in [0, 0.05) is 0 Å². The Morgan fingerprint density at radius 1 is 1.50 bits per heavy atom. The number of carbonyl (C=O) groups is 1. The van der Waals surface area contributed by atoms with Gasteiger partial charge in [0.2, 0.25) is 0 Å². The Balaban J connectivity index is 1.61. The summed E-state index contributed by atoms with van der Waals surface area (Å²) >= 11 is 0. The Hall–Kier alpha value is -0.770. The van der Waals surface area contributed by atoms with E-state index in [0.29, 0.717) is 6.61 Å². The fourth-order valence-corrected chi connectivity index (χ4v) is 2.26. The van der Waals surface area contributed by atoms with Crippen LogP contribution in [0.1, 0.15) is 6.42 Å². The molecule has 1 saturated carbocycles. The van der Waals surface area contributed by atoms with Crippen molar-refractivity contribution in [1.29, 1.82) is 0 Å². The predicted octanol–water partition coefficient (Wildman–Crippen LogP) is 0.536. The van der Waals surface area contributed by atoms with E-state index in [2.05, 4.69) is 10.1 Å². The van der Waals surface area contributed by atoms with E-state index in [0.717, 1.165) is 37.3 Å². The molecule has 2 aliphatic rings. The first-order chi connectivity index (χ1) is 5.79. The van der Waals surface area contributed by atoms with Crippen molar-refractivity contribution in [3.8, 4) is 0 Å². The lowest BCUT2D eigenvalue weighted by Crippen LogP contribution is -2.15. The van der Waals surface area contributed by atoms with E-state index in [9.17, 15) is 4.79 Å². The standard InChI is InChI=1S/C8H13NO3/c10-8(11)12-2-1-5-6-3-9-4-7(5)6/h5-7,9H,1-4H2,(H,10,11). The highest BCUT2D eigenvalue weighted by Gasteiger charge is 2.51. The van der Waals surface area contributed by atoms with Gasteiger partial charge in [-0.15, -0.1) is 0 Å². The number of nitrogens with one attached hydrogen (secondary N) is 1. The van der Waals surface area contributed by atoms with E-state index in [-0.39, 0.29) is 0 Å². The summed E-state index contributed by atoms with van der Waals surface area (Å²) in [5.41, 5.74) is 0. The van der Waals surface area contributed by atoms with Crippen molar-refractivity contribution in [2.75, 3.05) is 19.7 Å². The first kappa shape index (κ1) is 7.86. The molecule has 4 nitrogen and oxygen atoms in total. The lowest BCUT2D eigenvalue weighted by atomic mass is 10.2. The molecule has 2 rings (SSSR count). The molecule has 0 bridgehead atoms. The lowest BCUT2D eigenvalue weighted by Gasteiger charge is -2.03. The van der Waals surface area contributed by atoms with Crippen LogP contribution >= 0.6 is 0 Å². The normalized spacial score (nSPS) is 37.5. The number of hydrogen-bond acceptors (Lipinski definition) is 3. The molecule has 2 fully saturated rings. The van der Waals surface area contributed by atoms with Crippen molar-refractivity contribution in [3.63, 3.8) is 0 Å². The van der Waals surface area contributed by atoms with Gasteiger partial charge >= 0.3 is 6.16 Å². The van der Waals surface area contributed by atoms with Gasteiger partial charge in [-0.05, 0) is 37.3 Å². The summed E-state index contributed by atoms with van der Waals surface area (Å²) in [5, 5.41) is 11.5. The highest BCUT2D eigenvalue weighted by Crippen LogP contribution is 2.50. The SMILES string of the molecule is O=C(O)OCCC1C2CNCC12. The first-order valence-corrected chi connectivity index (χ1v) is 4.35. The predicted molar refractivity (Wildman–Crippen MR) is 41.9 cm³/mol. The third-order valence-corrected chi connectivity index (χ3v) is 2.95. The summed E-state index contributed by atoms with van der Waals surface area (Å²) in [7, 11) is 0. The van der Waals surface area contributed by atoms with Crippen molar-refractivity contribution >= 4 is 6.16 Å². The van der Waals surface area contributed by atoms with Crippen LogP contribution in [0.2, 0.25) is 0 Å². The van der Waals surface area contributed by atoms with Gasteiger partial charge in [-0.1, -0.05) is 0 Å². The van der Waals surface area contributed by atoms with Crippen molar-refractivity contribution < 1.29 is 14.6 Å². The number of piperidine rings is 1. The number of carboxylic acid groups (broad SMARTS) is 1. The number of fused-ring (bicyclic) bond motifs is 1. The molecule has 0 aromatic carbocycles. The molecule has 2 atom stereocenters. The van der Waals surface area contributed by atoms with Gasteiger partial charge in [-0.3, -0.25) is 0 Å². The number of rotatable bonds is 3. The molecular weight excluding hydrogens is 158 g/mol. The highest BCUT2D eigenvalue weighted by molar-refractivity contribution is 5.56. The minimum absolute atomic E-state index is 0.368. The molecule has 1 saturated heterocycles. The van der Waals surface area contributed by atoms with Gasteiger partial charge in [-0.25, -0.2) is 4.79 Å². The first-order valence-electron chi connectivity index (χ1n) is 4.35. The average molecular weight is 171 g/mol. The van der Waals surface area contributed by atoms with Crippen LogP contribution in [-0.4, -0.2) is 31.0 Å². The minimum Gasteiger partial charge on any atom is -0.450 e. The van der Waals surface area contributed by atoms with Crippen LogP contribution in [0.5, 0.6) is 0 Å². The molecule has 68 valence electrons. The molecule has 2 unspecified atom stereocenters. The average Bonchev–Trinajstić information content (AvgIpc) is 2.49. The maximum atomic E-state index is 10.0. The Bertz CT molecular complexity index is 185. The van der Waals surface area contributed by atoms with E-state index < -0.39 is 6.16 Å². The molecule has 0 spiro atoms. The second kappa shape index (κ2) is 2.94. The van der Waals surface area contributed by atoms with E-state index in [4.69, 9.17) is 5.11 Å². The zero-order valence-corrected chi connectivity index (χ0v) is 6.82. The largest absolute Gasteiger partial charge is 0.505 e. The zero-order chi connectivity index (χ0) is 8.55. The molecule has 1 aliphatic carbocycles.